The molecule has 1 heterocycles. The Morgan fingerprint density at radius 2 is 2.62 bits per heavy atom. The summed E-state index contributed by atoms with van der Waals surface area (Å²) in [7, 11) is 0. The highest BCUT2D eigenvalue weighted by Crippen LogP contribution is 1.91. The van der Waals surface area contributed by atoms with Crippen LogP contribution in [0.1, 0.15) is 12.6 Å². The lowest BCUT2D eigenvalue weighted by Crippen LogP contribution is -2.35. The molecule has 5 nitrogen and oxygen atoms in total. The molecule has 0 amide bonds. The number of carboxylic acid groups (broad SMARTS) is 1. The van der Waals surface area contributed by atoms with Gasteiger partial charge >= 0.3 is 5.97 Å². The van der Waals surface area contributed by atoms with Crippen molar-refractivity contribution in [1.29, 1.82) is 0 Å². The number of aromatic amines is 1. The lowest BCUT2D eigenvalue weighted by Gasteiger charge is -2.07. The van der Waals surface area contributed by atoms with Crippen molar-refractivity contribution in [1.82, 2.24) is 15.3 Å². The third-order valence-corrected chi connectivity index (χ3v) is 1.77. The summed E-state index contributed by atoms with van der Waals surface area (Å²) in [5.74, 6) is -0.829. The Hall–Kier alpha value is -1.36. The first-order chi connectivity index (χ1) is 6.20. The molecule has 0 saturated heterocycles. The number of carboxylic acids is 1. The molecule has 0 radical (unpaired) electrons. The first-order valence-electron chi connectivity index (χ1n) is 4.13. The molecule has 0 bridgehead atoms. The van der Waals surface area contributed by atoms with Crippen LogP contribution in [0.3, 0.4) is 0 Å². The van der Waals surface area contributed by atoms with Gasteiger partial charge in [0.2, 0.25) is 0 Å². The first kappa shape index (κ1) is 9.73. The van der Waals surface area contributed by atoms with E-state index in [4.69, 9.17) is 5.11 Å². The van der Waals surface area contributed by atoms with Gasteiger partial charge in [-0.25, -0.2) is 4.98 Å². The normalized spacial score (nSPS) is 12.7. The highest BCUT2D eigenvalue weighted by Gasteiger charge is 2.08. The van der Waals surface area contributed by atoms with Crippen LogP contribution in [-0.2, 0) is 11.2 Å². The van der Waals surface area contributed by atoms with Crippen molar-refractivity contribution in [2.45, 2.75) is 19.4 Å². The summed E-state index contributed by atoms with van der Waals surface area (Å²) < 4.78 is 0. The molecule has 0 aliphatic carbocycles. The zero-order chi connectivity index (χ0) is 9.68. The number of aliphatic carboxylic acids is 1. The van der Waals surface area contributed by atoms with Gasteiger partial charge in [0.15, 0.2) is 0 Å². The van der Waals surface area contributed by atoms with Gasteiger partial charge in [-0.2, -0.15) is 0 Å². The van der Waals surface area contributed by atoms with E-state index in [0.29, 0.717) is 6.54 Å². The van der Waals surface area contributed by atoms with Crippen molar-refractivity contribution in [2.75, 3.05) is 6.54 Å². The minimum atomic E-state index is -0.829. The van der Waals surface area contributed by atoms with Gasteiger partial charge in [0, 0.05) is 24.9 Å². The molecular formula is C8H13N3O2. The second kappa shape index (κ2) is 4.61. The van der Waals surface area contributed by atoms with E-state index < -0.39 is 12.0 Å². The lowest BCUT2D eigenvalue weighted by atomic mass is 10.3. The fourth-order valence-corrected chi connectivity index (χ4v) is 0.932. The van der Waals surface area contributed by atoms with Crippen LogP contribution in [0.2, 0.25) is 0 Å². The van der Waals surface area contributed by atoms with Crippen molar-refractivity contribution in [2.24, 2.45) is 0 Å². The summed E-state index contributed by atoms with van der Waals surface area (Å²) in [5, 5.41) is 11.4. The summed E-state index contributed by atoms with van der Waals surface area (Å²) in [5.41, 5.74) is 1.00. The molecule has 0 fully saturated rings. The Labute approximate surface area is 76.2 Å². The van der Waals surface area contributed by atoms with Crippen LogP contribution in [0.4, 0.5) is 0 Å². The van der Waals surface area contributed by atoms with Gasteiger partial charge in [-0.05, 0) is 6.92 Å². The summed E-state index contributed by atoms with van der Waals surface area (Å²) in [6.45, 7) is 2.25. The van der Waals surface area contributed by atoms with E-state index >= 15 is 0 Å². The third kappa shape index (κ3) is 3.25. The molecule has 3 N–H and O–H groups in total. The molecule has 1 rings (SSSR count). The number of hydrogen-bond donors (Lipinski definition) is 3. The summed E-state index contributed by atoms with van der Waals surface area (Å²) in [4.78, 5) is 17.2. The predicted octanol–water partition coefficient (Wildman–Crippen LogP) is 0.0149. The highest BCUT2D eigenvalue weighted by molar-refractivity contribution is 5.72. The highest BCUT2D eigenvalue weighted by atomic mass is 16.4. The number of imidazole rings is 1. The molecular weight excluding hydrogens is 170 g/mol. The van der Waals surface area contributed by atoms with Crippen molar-refractivity contribution in [3.63, 3.8) is 0 Å². The van der Waals surface area contributed by atoms with Gasteiger partial charge in [0.05, 0.1) is 6.33 Å². The van der Waals surface area contributed by atoms with Crippen molar-refractivity contribution in [3.8, 4) is 0 Å². The fraction of sp³-hybridized carbons (Fsp3) is 0.500. The Morgan fingerprint density at radius 3 is 3.15 bits per heavy atom. The molecule has 5 heteroatoms. The molecule has 0 saturated carbocycles. The molecule has 1 unspecified atom stereocenters. The van der Waals surface area contributed by atoms with Gasteiger partial charge in [0.25, 0.3) is 0 Å². The number of rotatable bonds is 5. The Balaban J connectivity index is 2.18. The summed E-state index contributed by atoms with van der Waals surface area (Å²) in [6.07, 6.45) is 4.10. The molecule has 0 aromatic carbocycles. The molecule has 13 heavy (non-hydrogen) atoms. The molecule has 0 aliphatic heterocycles. The minimum Gasteiger partial charge on any atom is -0.480 e. The van der Waals surface area contributed by atoms with Crippen LogP contribution >= 0.6 is 0 Å². The van der Waals surface area contributed by atoms with Crippen molar-refractivity contribution >= 4 is 5.97 Å². The topological polar surface area (TPSA) is 78.0 Å². The maximum atomic E-state index is 10.4. The van der Waals surface area contributed by atoms with E-state index in [0.717, 1.165) is 12.1 Å². The van der Waals surface area contributed by atoms with E-state index in [-0.39, 0.29) is 0 Å². The number of hydrogen-bond acceptors (Lipinski definition) is 3. The van der Waals surface area contributed by atoms with E-state index in [1.165, 1.54) is 0 Å². The lowest BCUT2D eigenvalue weighted by molar-refractivity contribution is -0.138. The zero-order valence-corrected chi connectivity index (χ0v) is 7.45. The largest absolute Gasteiger partial charge is 0.480 e. The summed E-state index contributed by atoms with van der Waals surface area (Å²) >= 11 is 0. The average molecular weight is 183 g/mol. The molecule has 0 spiro atoms. The molecule has 1 aromatic rings. The second-order valence-corrected chi connectivity index (χ2v) is 2.84. The van der Waals surface area contributed by atoms with Gasteiger partial charge < -0.3 is 15.4 Å². The Morgan fingerprint density at radius 1 is 1.85 bits per heavy atom. The number of H-pyrrole nitrogens is 1. The van der Waals surface area contributed by atoms with Crippen LogP contribution in [-0.4, -0.2) is 33.6 Å². The smallest absolute Gasteiger partial charge is 0.320 e. The molecule has 1 aromatic heterocycles. The zero-order valence-electron chi connectivity index (χ0n) is 7.45. The molecule has 72 valence electrons. The Kier molecular flexibility index (Phi) is 3.45. The second-order valence-electron chi connectivity index (χ2n) is 2.84. The number of carbonyl (C=O) groups is 1. The average Bonchev–Trinajstić information content (AvgIpc) is 2.56. The number of aromatic nitrogens is 2. The van der Waals surface area contributed by atoms with Crippen molar-refractivity contribution < 1.29 is 9.90 Å². The van der Waals surface area contributed by atoms with Crippen LogP contribution in [0.5, 0.6) is 0 Å². The molecule has 1 atom stereocenters. The predicted molar refractivity (Wildman–Crippen MR) is 47.4 cm³/mol. The molecule has 0 aliphatic rings. The van der Waals surface area contributed by atoms with Gasteiger partial charge in [0.1, 0.15) is 6.04 Å². The standard InChI is InChI=1S/C8H13N3O2/c1-6(8(12)13)10-3-2-7-4-9-5-11-7/h4-6,10H,2-3H2,1H3,(H,9,11)(H,12,13). The van der Waals surface area contributed by atoms with Gasteiger partial charge in [-0.15, -0.1) is 0 Å². The van der Waals surface area contributed by atoms with Gasteiger partial charge in [-0.3, -0.25) is 4.79 Å². The summed E-state index contributed by atoms with van der Waals surface area (Å²) in [6, 6.07) is -0.497. The number of nitrogens with zero attached hydrogens (tertiary/aromatic N) is 1. The van der Waals surface area contributed by atoms with E-state index in [9.17, 15) is 4.79 Å². The monoisotopic (exact) mass is 183 g/mol. The quantitative estimate of drug-likeness (QED) is 0.601. The van der Waals surface area contributed by atoms with Crippen LogP contribution in [0.25, 0.3) is 0 Å². The maximum absolute atomic E-state index is 10.4. The maximum Gasteiger partial charge on any atom is 0.320 e. The number of nitrogens with one attached hydrogen (secondary N) is 2. The van der Waals surface area contributed by atoms with E-state index in [1.807, 2.05) is 0 Å². The fourth-order valence-electron chi connectivity index (χ4n) is 0.932. The van der Waals surface area contributed by atoms with E-state index in [1.54, 1.807) is 19.4 Å². The minimum absolute atomic E-state index is 0.497. The van der Waals surface area contributed by atoms with Crippen molar-refractivity contribution in [3.05, 3.63) is 18.2 Å². The first-order valence-corrected chi connectivity index (χ1v) is 4.13. The Bertz CT molecular complexity index is 258. The van der Waals surface area contributed by atoms with E-state index in [2.05, 4.69) is 15.3 Å². The van der Waals surface area contributed by atoms with Crippen LogP contribution in [0.15, 0.2) is 12.5 Å². The SMILES string of the molecule is CC(NCCc1cnc[nH]1)C(=O)O. The third-order valence-electron chi connectivity index (χ3n) is 1.77. The van der Waals surface area contributed by atoms with Gasteiger partial charge in [-0.1, -0.05) is 0 Å². The van der Waals surface area contributed by atoms with Crippen LogP contribution < -0.4 is 5.32 Å². The van der Waals surface area contributed by atoms with Crippen LogP contribution in [0, 0.1) is 0 Å².